The van der Waals surface area contributed by atoms with Crippen LogP contribution in [0.1, 0.15) is 30.1 Å². The zero-order valence-electron chi connectivity index (χ0n) is 14.1. The molecular formula is C16H23Cl2N3O4. The van der Waals surface area contributed by atoms with Crippen molar-refractivity contribution in [3.8, 4) is 11.5 Å². The molecular weight excluding hydrogens is 369 g/mol. The first kappa shape index (κ1) is 21.3. The van der Waals surface area contributed by atoms with E-state index in [9.17, 15) is 9.59 Å². The highest BCUT2D eigenvalue weighted by molar-refractivity contribution is 6.32. The van der Waals surface area contributed by atoms with Crippen molar-refractivity contribution in [1.29, 1.82) is 0 Å². The van der Waals surface area contributed by atoms with E-state index in [1.165, 1.54) is 19.2 Å². The van der Waals surface area contributed by atoms with Crippen molar-refractivity contribution < 1.29 is 19.1 Å². The maximum atomic E-state index is 12.5. The fourth-order valence-corrected chi connectivity index (χ4v) is 2.89. The summed E-state index contributed by atoms with van der Waals surface area (Å²) in [6.45, 7) is 2.67. The summed E-state index contributed by atoms with van der Waals surface area (Å²) in [5, 5.41) is 6.51. The molecule has 9 heteroatoms. The van der Waals surface area contributed by atoms with Crippen LogP contribution in [-0.4, -0.2) is 44.2 Å². The monoisotopic (exact) mass is 391 g/mol. The summed E-state index contributed by atoms with van der Waals surface area (Å²) >= 11 is 6.16. The van der Waals surface area contributed by atoms with Crippen molar-refractivity contribution in [2.24, 2.45) is 5.73 Å². The second kappa shape index (κ2) is 9.70. The molecule has 1 aliphatic heterocycles. The Morgan fingerprint density at radius 3 is 2.76 bits per heavy atom. The van der Waals surface area contributed by atoms with Crippen LogP contribution in [0.25, 0.3) is 0 Å². The summed E-state index contributed by atoms with van der Waals surface area (Å²) in [6.07, 6.45) is 1.93. The second-order valence-corrected chi connectivity index (χ2v) is 6.12. The van der Waals surface area contributed by atoms with Crippen molar-refractivity contribution in [3.63, 3.8) is 0 Å². The Kier molecular flexibility index (Phi) is 8.28. The largest absolute Gasteiger partial charge is 0.493 e. The van der Waals surface area contributed by atoms with Crippen LogP contribution >= 0.6 is 24.0 Å². The molecule has 2 atom stereocenters. The van der Waals surface area contributed by atoms with Crippen LogP contribution in [0.15, 0.2) is 12.1 Å². The number of rotatable bonds is 6. The molecule has 0 aliphatic carbocycles. The number of piperidine rings is 1. The van der Waals surface area contributed by atoms with E-state index in [2.05, 4.69) is 10.6 Å². The molecule has 1 aromatic rings. The predicted molar refractivity (Wildman–Crippen MR) is 97.9 cm³/mol. The van der Waals surface area contributed by atoms with Gasteiger partial charge >= 0.3 is 0 Å². The number of primary amides is 1. The first-order chi connectivity index (χ1) is 11.4. The summed E-state index contributed by atoms with van der Waals surface area (Å²) in [5.41, 5.74) is 5.42. The number of methoxy groups -OCH3 is 1. The fraction of sp³-hybridized carbons (Fsp3) is 0.500. The molecule has 7 nitrogen and oxygen atoms in total. The first-order valence-electron chi connectivity index (χ1n) is 7.75. The quantitative estimate of drug-likeness (QED) is 0.681. The van der Waals surface area contributed by atoms with E-state index < -0.39 is 5.91 Å². The SMILES string of the molecule is COc1cc(C(=O)NC2CCCNC2C)cc(Cl)c1OCC(N)=O.Cl. The molecule has 1 fully saturated rings. The lowest BCUT2D eigenvalue weighted by Crippen LogP contribution is -2.51. The van der Waals surface area contributed by atoms with Gasteiger partial charge in [0.15, 0.2) is 18.1 Å². The van der Waals surface area contributed by atoms with Gasteiger partial charge in [-0.05, 0) is 38.4 Å². The Balaban J connectivity index is 0.00000312. The van der Waals surface area contributed by atoms with E-state index >= 15 is 0 Å². The average Bonchev–Trinajstić information content (AvgIpc) is 2.54. The van der Waals surface area contributed by atoms with Gasteiger partial charge in [0, 0.05) is 17.6 Å². The average molecular weight is 392 g/mol. The Hall–Kier alpha value is -1.70. The van der Waals surface area contributed by atoms with Crippen molar-refractivity contribution in [2.75, 3.05) is 20.3 Å². The predicted octanol–water partition coefficient (Wildman–Crippen LogP) is 1.50. The smallest absolute Gasteiger partial charge is 0.255 e. The number of carbonyl (C=O) groups is 2. The lowest BCUT2D eigenvalue weighted by molar-refractivity contribution is -0.119. The summed E-state index contributed by atoms with van der Waals surface area (Å²) < 4.78 is 10.5. The van der Waals surface area contributed by atoms with Crippen molar-refractivity contribution >= 4 is 35.8 Å². The number of carbonyl (C=O) groups excluding carboxylic acids is 2. The van der Waals surface area contributed by atoms with Gasteiger partial charge in [0.1, 0.15) is 0 Å². The van der Waals surface area contributed by atoms with Crippen molar-refractivity contribution in [1.82, 2.24) is 10.6 Å². The van der Waals surface area contributed by atoms with Gasteiger partial charge in [0.2, 0.25) is 0 Å². The molecule has 0 radical (unpaired) electrons. The molecule has 4 N–H and O–H groups in total. The molecule has 2 amide bonds. The Bertz CT molecular complexity index is 628. The van der Waals surface area contributed by atoms with Gasteiger partial charge in [-0.2, -0.15) is 0 Å². The highest BCUT2D eigenvalue weighted by atomic mass is 35.5. The van der Waals surface area contributed by atoms with Crippen LogP contribution in [0.3, 0.4) is 0 Å². The van der Waals surface area contributed by atoms with Gasteiger partial charge in [0.05, 0.1) is 12.1 Å². The minimum atomic E-state index is -0.631. The van der Waals surface area contributed by atoms with E-state index in [0.717, 1.165) is 19.4 Å². The van der Waals surface area contributed by atoms with E-state index in [-0.39, 0.29) is 53.5 Å². The zero-order chi connectivity index (χ0) is 17.7. The third-order valence-electron chi connectivity index (χ3n) is 3.93. The van der Waals surface area contributed by atoms with Gasteiger partial charge in [-0.1, -0.05) is 11.6 Å². The summed E-state index contributed by atoms with van der Waals surface area (Å²) in [7, 11) is 1.43. The third kappa shape index (κ3) is 5.66. The lowest BCUT2D eigenvalue weighted by Gasteiger charge is -2.30. The normalized spacial score (nSPS) is 19.5. The van der Waals surface area contributed by atoms with Crippen molar-refractivity contribution in [3.05, 3.63) is 22.7 Å². The second-order valence-electron chi connectivity index (χ2n) is 5.71. The van der Waals surface area contributed by atoms with Gasteiger partial charge in [0.25, 0.3) is 11.8 Å². The lowest BCUT2D eigenvalue weighted by atomic mass is 9.99. The highest BCUT2D eigenvalue weighted by Gasteiger charge is 2.24. The van der Waals surface area contributed by atoms with Gasteiger partial charge in [-0.15, -0.1) is 12.4 Å². The molecule has 0 aromatic heterocycles. The van der Waals surface area contributed by atoms with Crippen molar-refractivity contribution in [2.45, 2.75) is 31.8 Å². The molecule has 1 saturated heterocycles. The molecule has 2 unspecified atom stereocenters. The number of hydrogen-bond acceptors (Lipinski definition) is 5. The van der Waals surface area contributed by atoms with Gasteiger partial charge < -0.3 is 25.8 Å². The van der Waals surface area contributed by atoms with Crippen LogP contribution in [0.2, 0.25) is 5.02 Å². The third-order valence-corrected chi connectivity index (χ3v) is 4.21. The number of benzene rings is 1. The molecule has 1 aromatic carbocycles. The Morgan fingerprint density at radius 1 is 1.44 bits per heavy atom. The van der Waals surface area contributed by atoms with Gasteiger partial charge in [-0.3, -0.25) is 9.59 Å². The van der Waals surface area contributed by atoms with Crippen LogP contribution in [0, 0.1) is 0 Å². The van der Waals surface area contributed by atoms with Crippen LogP contribution in [-0.2, 0) is 4.79 Å². The number of amides is 2. The number of nitrogens with one attached hydrogen (secondary N) is 2. The maximum Gasteiger partial charge on any atom is 0.255 e. The summed E-state index contributed by atoms with van der Waals surface area (Å²) in [5.74, 6) is -0.420. The van der Waals surface area contributed by atoms with E-state index in [1.54, 1.807) is 0 Å². The number of nitrogens with two attached hydrogens (primary N) is 1. The Morgan fingerprint density at radius 2 is 2.16 bits per heavy atom. The Labute approximate surface area is 158 Å². The molecule has 0 saturated carbocycles. The van der Waals surface area contributed by atoms with Crippen LogP contribution < -0.4 is 25.8 Å². The molecule has 1 heterocycles. The van der Waals surface area contributed by atoms with E-state index in [4.69, 9.17) is 26.8 Å². The van der Waals surface area contributed by atoms with Crippen LogP contribution in [0.5, 0.6) is 11.5 Å². The molecule has 25 heavy (non-hydrogen) atoms. The highest BCUT2D eigenvalue weighted by Crippen LogP contribution is 2.36. The molecule has 1 aliphatic rings. The molecule has 0 spiro atoms. The summed E-state index contributed by atoms with van der Waals surface area (Å²) in [4.78, 5) is 23.3. The zero-order valence-corrected chi connectivity index (χ0v) is 15.7. The standard InChI is InChI=1S/C16H22ClN3O4.ClH/c1-9-12(4-3-5-19-9)20-16(22)10-6-11(17)15(13(7-10)23-2)24-8-14(18)21;/h6-7,9,12,19H,3-5,8H2,1-2H3,(H2,18,21)(H,20,22);1H. The topological polar surface area (TPSA) is 103 Å². The van der Waals surface area contributed by atoms with Crippen LogP contribution in [0.4, 0.5) is 0 Å². The number of hydrogen-bond donors (Lipinski definition) is 3. The van der Waals surface area contributed by atoms with E-state index in [0.29, 0.717) is 5.56 Å². The van der Waals surface area contributed by atoms with E-state index in [1.807, 2.05) is 6.92 Å². The molecule has 2 rings (SSSR count). The molecule has 140 valence electrons. The summed E-state index contributed by atoms with van der Waals surface area (Å²) in [6, 6.07) is 3.27. The fourth-order valence-electron chi connectivity index (χ4n) is 2.63. The van der Waals surface area contributed by atoms with Gasteiger partial charge in [-0.25, -0.2) is 0 Å². The molecule has 0 bridgehead atoms. The number of ether oxygens (including phenoxy) is 2. The minimum absolute atomic E-state index is 0. The maximum absolute atomic E-state index is 12.5. The first-order valence-corrected chi connectivity index (χ1v) is 8.13. The number of halogens is 2. The minimum Gasteiger partial charge on any atom is -0.493 e.